The van der Waals surface area contributed by atoms with E-state index in [1.165, 1.54) is 11.9 Å². The number of carbonyl (C=O) groups is 3. The number of hydrogen-bond acceptors (Lipinski definition) is 7. The number of benzene rings is 2. The molecule has 2 aromatic carbocycles. The van der Waals surface area contributed by atoms with Gasteiger partial charge < -0.3 is 19.5 Å². The van der Waals surface area contributed by atoms with Crippen molar-refractivity contribution in [1.82, 2.24) is 5.32 Å². The maximum Gasteiger partial charge on any atom is 0.355 e. The number of carbonyl (C=O) groups excluding carboxylic acids is 3. The minimum absolute atomic E-state index is 0.0962. The van der Waals surface area contributed by atoms with Gasteiger partial charge >= 0.3 is 5.97 Å². The fraction of sp³-hybridized carbons (Fsp3) is 0.273. The normalized spacial score (nSPS) is 15.8. The van der Waals surface area contributed by atoms with Crippen LogP contribution in [-0.2, 0) is 25.7 Å². The first-order valence-corrected chi connectivity index (χ1v) is 9.84. The molecule has 2 heterocycles. The number of nitrogens with one attached hydrogen (secondary N) is 1. The van der Waals surface area contributed by atoms with Crippen molar-refractivity contribution < 1.29 is 28.6 Å². The highest BCUT2D eigenvalue weighted by atomic mass is 16.7. The minimum atomic E-state index is -1.02. The highest BCUT2D eigenvalue weighted by molar-refractivity contribution is 6.38. The van der Waals surface area contributed by atoms with Gasteiger partial charge in [-0.25, -0.2) is 9.80 Å². The Balaban J connectivity index is 1.34. The zero-order valence-corrected chi connectivity index (χ0v) is 16.9. The van der Waals surface area contributed by atoms with Gasteiger partial charge in [-0.05, 0) is 36.8 Å². The van der Waals surface area contributed by atoms with Crippen LogP contribution in [0.1, 0.15) is 25.3 Å². The van der Waals surface area contributed by atoms with Crippen molar-refractivity contribution in [3.05, 3.63) is 54.1 Å². The largest absolute Gasteiger partial charge is 0.454 e. The van der Waals surface area contributed by atoms with Gasteiger partial charge in [0, 0.05) is 19.4 Å². The molecule has 9 nitrogen and oxygen atoms in total. The lowest BCUT2D eigenvalue weighted by molar-refractivity contribution is -0.148. The number of anilines is 1. The molecule has 2 amide bonds. The Morgan fingerprint density at radius 2 is 1.90 bits per heavy atom. The van der Waals surface area contributed by atoms with Crippen LogP contribution in [0.2, 0.25) is 0 Å². The van der Waals surface area contributed by atoms with Crippen LogP contribution >= 0.6 is 0 Å². The van der Waals surface area contributed by atoms with Gasteiger partial charge in [0.25, 0.3) is 5.91 Å². The third kappa shape index (κ3) is 4.66. The fourth-order valence-corrected chi connectivity index (χ4v) is 3.14. The highest BCUT2D eigenvalue weighted by Crippen LogP contribution is 2.32. The predicted octanol–water partition coefficient (Wildman–Crippen LogP) is 2.15. The molecule has 0 radical (unpaired) electrons. The van der Waals surface area contributed by atoms with Gasteiger partial charge in [0.05, 0.1) is 5.69 Å². The third-order valence-electron chi connectivity index (χ3n) is 4.83. The van der Waals surface area contributed by atoms with E-state index < -0.39 is 18.0 Å². The molecule has 0 bridgehead atoms. The molecule has 0 fully saturated rings. The first-order chi connectivity index (χ1) is 15.0. The molecule has 1 atom stereocenters. The van der Waals surface area contributed by atoms with E-state index in [4.69, 9.17) is 14.2 Å². The van der Waals surface area contributed by atoms with Gasteiger partial charge in [-0.2, -0.15) is 5.10 Å². The van der Waals surface area contributed by atoms with Gasteiger partial charge in [0.1, 0.15) is 5.71 Å². The molecule has 4 rings (SSSR count). The number of rotatable bonds is 6. The Morgan fingerprint density at radius 1 is 1.13 bits per heavy atom. The number of hydrogen-bond donors (Lipinski definition) is 1. The molecule has 0 aromatic heterocycles. The lowest BCUT2D eigenvalue weighted by Gasteiger charge is -2.23. The molecule has 0 saturated carbocycles. The van der Waals surface area contributed by atoms with Crippen LogP contribution in [0.4, 0.5) is 5.69 Å². The number of hydrazone groups is 1. The summed E-state index contributed by atoms with van der Waals surface area (Å²) in [7, 11) is 0. The average molecular weight is 423 g/mol. The summed E-state index contributed by atoms with van der Waals surface area (Å²) < 4.78 is 15.8. The number of nitrogens with zero attached hydrogens (tertiary/aromatic N) is 2. The Kier molecular flexibility index (Phi) is 5.83. The number of fused-ring (bicyclic) bond motifs is 1. The summed E-state index contributed by atoms with van der Waals surface area (Å²) in [4.78, 5) is 37.0. The Hall–Kier alpha value is -3.88. The topological polar surface area (TPSA) is 107 Å². The van der Waals surface area contributed by atoms with E-state index in [1.807, 2.05) is 12.1 Å². The molecule has 1 unspecified atom stereocenters. The molecule has 2 aliphatic heterocycles. The van der Waals surface area contributed by atoms with Crippen LogP contribution in [0, 0.1) is 0 Å². The Bertz CT molecular complexity index is 1040. The highest BCUT2D eigenvalue weighted by Gasteiger charge is 2.28. The van der Waals surface area contributed by atoms with Crippen LogP contribution < -0.4 is 19.8 Å². The molecule has 31 heavy (non-hydrogen) atoms. The second kappa shape index (κ2) is 8.86. The second-order valence-corrected chi connectivity index (χ2v) is 7.04. The summed E-state index contributed by atoms with van der Waals surface area (Å²) in [6.07, 6.45) is -0.730. The van der Waals surface area contributed by atoms with Crippen molar-refractivity contribution >= 4 is 29.2 Å². The van der Waals surface area contributed by atoms with Gasteiger partial charge in [-0.15, -0.1) is 0 Å². The van der Waals surface area contributed by atoms with Crippen molar-refractivity contribution in [2.45, 2.75) is 32.4 Å². The van der Waals surface area contributed by atoms with E-state index in [1.54, 1.807) is 36.4 Å². The van der Waals surface area contributed by atoms with Crippen LogP contribution in [0.25, 0.3) is 0 Å². The fourth-order valence-electron chi connectivity index (χ4n) is 3.14. The van der Waals surface area contributed by atoms with E-state index in [0.717, 1.165) is 5.56 Å². The lowest BCUT2D eigenvalue weighted by Crippen LogP contribution is -2.39. The van der Waals surface area contributed by atoms with Crippen molar-refractivity contribution in [1.29, 1.82) is 0 Å². The van der Waals surface area contributed by atoms with Crippen LogP contribution in [0.5, 0.6) is 11.5 Å². The number of para-hydroxylation sites is 1. The quantitative estimate of drug-likeness (QED) is 0.714. The third-order valence-corrected chi connectivity index (χ3v) is 4.83. The number of amides is 2. The van der Waals surface area contributed by atoms with Crippen molar-refractivity contribution in [3.8, 4) is 11.5 Å². The van der Waals surface area contributed by atoms with E-state index in [-0.39, 0.29) is 37.8 Å². The minimum Gasteiger partial charge on any atom is -0.454 e. The summed E-state index contributed by atoms with van der Waals surface area (Å²) in [6, 6.07) is 14.2. The predicted molar refractivity (Wildman–Crippen MR) is 111 cm³/mol. The van der Waals surface area contributed by atoms with Gasteiger partial charge in [-0.1, -0.05) is 24.3 Å². The zero-order valence-electron chi connectivity index (χ0n) is 16.9. The summed E-state index contributed by atoms with van der Waals surface area (Å²) in [5.74, 6) is -0.0949. The smallest absolute Gasteiger partial charge is 0.355 e. The molecule has 0 aliphatic carbocycles. The van der Waals surface area contributed by atoms with Gasteiger partial charge in [0.15, 0.2) is 17.6 Å². The summed E-state index contributed by atoms with van der Waals surface area (Å²) in [5, 5.41) is 8.05. The van der Waals surface area contributed by atoms with Gasteiger partial charge in [0.2, 0.25) is 12.7 Å². The average Bonchev–Trinajstić information content (AvgIpc) is 3.26. The summed E-state index contributed by atoms with van der Waals surface area (Å²) in [5.41, 5.74) is 1.48. The molecule has 1 N–H and O–H groups in total. The van der Waals surface area contributed by atoms with Crippen molar-refractivity contribution in [2.75, 3.05) is 11.8 Å². The van der Waals surface area contributed by atoms with E-state index in [0.29, 0.717) is 17.2 Å². The van der Waals surface area contributed by atoms with Crippen LogP contribution in [-0.4, -0.2) is 36.4 Å². The number of ether oxygens (including phenoxy) is 3. The molecule has 9 heteroatoms. The molecule has 0 saturated heterocycles. The first kappa shape index (κ1) is 20.4. The lowest BCUT2D eigenvalue weighted by atomic mass is 10.1. The van der Waals surface area contributed by atoms with Gasteiger partial charge in [-0.3, -0.25) is 9.59 Å². The van der Waals surface area contributed by atoms with Crippen LogP contribution in [0.3, 0.4) is 0 Å². The van der Waals surface area contributed by atoms with E-state index in [9.17, 15) is 14.4 Å². The Labute approximate surface area is 178 Å². The monoisotopic (exact) mass is 423 g/mol. The SMILES string of the molecule is CC(OC(=O)C1=NN(c2ccccc2)C(=O)CC1)C(=O)NCc1ccc2c(c1)OCO2. The molecular formula is C22H21N3O6. The van der Waals surface area contributed by atoms with Crippen molar-refractivity contribution in [3.63, 3.8) is 0 Å². The van der Waals surface area contributed by atoms with Crippen molar-refractivity contribution in [2.24, 2.45) is 5.10 Å². The molecule has 2 aliphatic rings. The second-order valence-electron chi connectivity index (χ2n) is 7.04. The molecule has 160 valence electrons. The summed E-state index contributed by atoms with van der Waals surface area (Å²) >= 11 is 0. The molecule has 2 aromatic rings. The summed E-state index contributed by atoms with van der Waals surface area (Å²) in [6.45, 7) is 1.90. The zero-order chi connectivity index (χ0) is 21.8. The first-order valence-electron chi connectivity index (χ1n) is 9.84. The van der Waals surface area contributed by atoms with E-state index >= 15 is 0 Å². The number of esters is 1. The molecular weight excluding hydrogens is 402 g/mol. The van der Waals surface area contributed by atoms with E-state index in [2.05, 4.69) is 10.4 Å². The maximum atomic E-state index is 12.5. The molecule has 0 spiro atoms. The Morgan fingerprint density at radius 3 is 2.71 bits per heavy atom. The van der Waals surface area contributed by atoms with Crippen LogP contribution in [0.15, 0.2) is 53.6 Å². The maximum absolute atomic E-state index is 12.5. The standard InChI is InChI=1S/C22H21N3O6/c1-14(21(27)23-12-15-7-9-18-19(11-15)30-13-29-18)31-22(28)17-8-10-20(26)25(24-17)16-5-3-2-4-6-16/h2-7,9,11,14H,8,10,12-13H2,1H3,(H,23,27).